The Labute approximate surface area is 114 Å². The summed E-state index contributed by atoms with van der Waals surface area (Å²) in [5.41, 5.74) is -0.648. The molecule has 2 N–H and O–H groups in total. The summed E-state index contributed by atoms with van der Waals surface area (Å²) in [5, 5.41) is 11.3. The molecular formula is C13H25NO5. The minimum atomic E-state index is -1.09. The van der Waals surface area contributed by atoms with E-state index in [2.05, 4.69) is 5.32 Å². The number of unbranched alkanes of at least 4 members (excludes halogenated alkanes) is 1. The van der Waals surface area contributed by atoms with Crippen molar-refractivity contribution in [3.8, 4) is 0 Å². The third-order valence-electron chi connectivity index (χ3n) is 2.18. The molecule has 19 heavy (non-hydrogen) atoms. The Morgan fingerprint density at radius 3 is 2.37 bits per heavy atom. The lowest BCUT2D eigenvalue weighted by atomic mass is 10.2. The molecule has 0 radical (unpaired) electrons. The topological polar surface area (TPSA) is 84.9 Å². The maximum atomic E-state index is 11.5. The monoisotopic (exact) mass is 275 g/mol. The highest BCUT2D eigenvalue weighted by Crippen LogP contribution is 2.07. The van der Waals surface area contributed by atoms with Crippen LogP contribution in [0, 0.1) is 0 Å². The van der Waals surface area contributed by atoms with Gasteiger partial charge in [-0.1, -0.05) is 13.3 Å². The summed E-state index contributed by atoms with van der Waals surface area (Å²) in [6.07, 6.45) is 1.46. The molecule has 0 aromatic heterocycles. The Hall–Kier alpha value is -1.30. The van der Waals surface area contributed by atoms with Gasteiger partial charge in [0.25, 0.3) is 0 Å². The fourth-order valence-electron chi connectivity index (χ4n) is 1.26. The second kappa shape index (κ2) is 8.74. The van der Waals surface area contributed by atoms with Crippen LogP contribution in [0.5, 0.6) is 0 Å². The van der Waals surface area contributed by atoms with Crippen molar-refractivity contribution < 1.29 is 24.2 Å². The van der Waals surface area contributed by atoms with Crippen molar-refractivity contribution in [3.05, 3.63) is 0 Å². The molecule has 6 nitrogen and oxygen atoms in total. The van der Waals surface area contributed by atoms with Crippen LogP contribution in [0.2, 0.25) is 0 Å². The number of aliphatic carboxylic acids is 1. The second-order valence-corrected chi connectivity index (χ2v) is 5.29. The molecule has 0 saturated heterocycles. The molecule has 0 fully saturated rings. The van der Waals surface area contributed by atoms with Crippen molar-refractivity contribution in [1.29, 1.82) is 0 Å². The highest BCUT2D eigenvalue weighted by molar-refractivity contribution is 5.79. The second-order valence-electron chi connectivity index (χ2n) is 5.29. The maximum absolute atomic E-state index is 11.5. The molecule has 0 heterocycles. The van der Waals surface area contributed by atoms with Crippen molar-refractivity contribution in [2.24, 2.45) is 0 Å². The predicted octanol–water partition coefficient (Wildman–Crippen LogP) is 2.17. The number of carbonyl (C=O) groups excluding carboxylic acids is 1. The molecule has 0 spiro atoms. The number of alkyl carbamates (subject to hydrolysis) is 1. The Morgan fingerprint density at radius 1 is 1.26 bits per heavy atom. The molecule has 0 aliphatic heterocycles. The summed E-state index contributed by atoms with van der Waals surface area (Å²) in [7, 11) is 0. The van der Waals surface area contributed by atoms with Crippen LogP contribution in [0.15, 0.2) is 0 Å². The molecule has 0 rings (SSSR count). The molecule has 0 aliphatic rings. The quantitative estimate of drug-likeness (QED) is 0.663. The number of nitrogens with one attached hydrogen (secondary N) is 1. The summed E-state index contributed by atoms with van der Waals surface area (Å²) in [5.74, 6) is -1.09. The molecule has 0 aromatic rings. The maximum Gasteiger partial charge on any atom is 0.408 e. The zero-order valence-electron chi connectivity index (χ0n) is 12.2. The number of rotatable bonds is 8. The van der Waals surface area contributed by atoms with Gasteiger partial charge in [-0.25, -0.2) is 9.59 Å². The molecule has 0 aromatic carbocycles. The van der Waals surface area contributed by atoms with Crippen LogP contribution in [0.1, 0.15) is 47.0 Å². The first-order chi connectivity index (χ1) is 8.76. The first-order valence-electron chi connectivity index (χ1n) is 6.56. The normalized spacial score (nSPS) is 12.8. The lowest BCUT2D eigenvalue weighted by molar-refractivity contribution is -0.140. The zero-order chi connectivity index (χ0) is 14.9. The van der Waals surface area contributed by atoms with Gasteiger partial charge in [-0.2, -0.15) is 0 Å². The van der Waals surface area contributed by atoms with E-state index < -0.39 is 23.7 Å². The standard InChI is InChI=1S/C13H25NO5/c1-5-6-8-18-9-7-10(11(15)16)14-12(17)19-13(2,3)4/h10H,5-9H2,1-4H3,(H,14,17)(H,15,16). The van der Waals surface area contributed by atoms with Gasteiger partial charge in [0, 0.05) is 19.6 Å². The zero-order valence-corrected chi connectivity index (χ0v) is 12.2. The van der Waals surface area contributed by atoms with E-state index in [0.29, 0.717) is 13.2 Å². The Balaban J connectivity index is 4.05. The van der Waals surface area contributed by atoms with Gasteiger partial charge in [-0.3, -0.25) is 0 Å². The largest absolute Gasteiger partial charge is 0.480 e. The highest BCUT2D eigenvalue weighted by atomic mass is 16.6. The van der Waals surface area contributed by atoms with E-state index in [4.69, 9.17) is 14.6 Å². The van der Waals surface area contributed by atoms with E-state index in [9.17, 15) is 9.59 Å². The van der Waals surface area contributed by atoms with Crippen molar-refractivity contribution in [3.63, 3.8) is 0 Å². The molecule has 1 amide bonds. The molecule has 6 heteroatoms. The summed E-state index contributed by atoms with van der Waals surface area (Å²) in [6.45, 7) is 8.11. The third-order valence-corrected chi connectivity index (χ3v) is 2.18. The van der Waals surface area contributed by atoms with Gasteiger partial charge < -0.3 is 19.9 Å². The van der Waals surface area contributed by atoms with E-state index in [1.807, 2.05) is 6.92 Å². The van der Waals surface area contributed by atoms with Gasteiger partial charge in [-0.15, -0.1) is 0 Å². The van der Waals surface area contributed by atoms with Crippen molar-refractivity contribution in [2.45, 2.75) is 58.6 Å². The van der Waals surface area contributed by atoms with Crippen molar-refractivity contribution >= 4 is 12.1 Å². The lowest BCUT2D eigenvalue weighted by Crippen LogP contribution is -2.44. The van der Waals surface area contributed by atoms with Crippen LogP contribution in [-0.4, -0.2) is 42.0 Å². The Morgan fingerprint density at radius 2 is 1.89 bits per heavy atom. The van der Waals surface area contributed by atoms with E-state index >= 15 is 0 Å². The lowest BCUT2D eigenvalue weighted by Gasteiger charge is -2.22. The minimum absolute atomic E-state index is 0.221. The van der Waals surface area contributed by atoms with Gasteiger partial charge in [0.1, 0.15) is 11.6 Å². The first kappa shape index (κ1) is 17.7. The average molecular weight is 275 g/mol. The molecule has 1 unspecified atom stereocenters. The van der Waals surface area contributed by atoms with Crippen LogP contribution in [0.3, 0.4) is 0 Å². The van der Waals surface area contributed by atoms with Crippen molar-refractivity contribution in [2.75, 3.05) is 13.2 Å². The number of carboxylic acids is 1. The van der Waals surface area contributed by atoms with Gasteiger partial charge in [0.2, 0.25) is 0 Å². The number of amides is 1. The fraction of sp³-hybridized carbons (Fsp3) is 0.846. The van der Waals surface area contributed by atoms with E-state index in [1.54, 1.807) is 20.8 Å². The van der Waals surface area contributed by atoms with Crippen molar-refractivity contribution in [1.82, 2.24) is 5.32 Å². The van der Waals surface area contributed by atoms with Crippen LogP contribution < -0.4 is 5.32 Å². The van der Waals surface area contributed by atoms with Crippen LogP contribution >= 0.6 is 0 Å². The molecule has 0 bridgehead atoms. The average Bonchev–Trinajstić information content (AvgIpc) is 2.24. The Kier molecular flexibility index (Phi) is 8.14. The molecule has 0 aliphatic carbocycles. The first-order valence-corrected chi connectivity index (χ1v) is 6.56. The summed E-state index contributed by atoms with van der Waals surface area (Å²) in [4.78, 5) is 22.5. The molecule has 0 saturated carbocycles. The number of hydrogen-bond donors (Lipinski definition) is 2. The highest BCUT2D eigenvalue weighted by Gasteiger charge is 2.23. The van der Waals surface area contributed by atoms with Crippen LogP contribution in [0.4, 0.5) is 4.79 Å². The van der Waals surface area contributed by atoms with Crippen LogP contribution in [-0.2, 0) is 14.3 Å². The van der Waals surface area contributed by atoms with Gasteiger partial charge in [0.05, 0.1) is 0 Å². The smallest absolute Gasteiger partial charge is 0.408 e. The number of hydrogen-bond acceptors (Lipinski definition) is 4. The van der Waals surface area contributed by atoms with Gasteiger partial charge >= 0.3 is 12.1 Å². The fourth-order valence-corrected chi connectivity index (χ4v) is 1.26. The number of ether oxygens (including phenoxy) is 2. The summed E-state index contributed by atoms with van der Waals surface area (Å²) >= 11 is 0. The van der Waals surface area contributed by atoms with Gasteiger partial charge in [-0.05, 0) is 27.2 Å². The minimum Gasteiger partial charge on any atom is -0.480 e. The molecule has 112 valence electrons. The SMILES string of the molecule is CCCCOCCC(NC(=O)OC(C)(C)C)C(=O)O. The summed E-state index contributed by atoms with van der Waals surface area (Å²) in [6, 6.07) is -0.989. The van der Waals surface area contributed by atoms with E-state index in [1.165, 1.54) is 0 Å². The van der Waals surface area contributed by atoms with E-state index in [-0.39, 0.29) is 6.42 Å². The van der Waals surface area contributed by atoms with E-state index in [0.717, 1.165) is 12.8 Å². The number of carboxylic acid groups (broad SMARTS) is 1. The third kappa shape index (κ3) is 10.3. The van der Waals surface area contributed by atoms with Crippen LogP contribution in [0.25, 0.3) is 0 Å². The molecular weight excluding hydrogens is 250 g/mol. The summed E-state index contributed by atoms with van der Waals surface area (Å²) < 4.78 is 10.3. The predicted molar refractivity (Wildman–Crippen MR) is 71.1 cm³/mol. The Bertz CT molecular complexity index is 285. The van der Waals surface area contributed by atoms with Gasteiger partial charge in [0.15, 0.2) is 0 Å². The molecule has 1 atom stereocenters. The number of carbonyl (C=O) groups is 2.